The highest BCUT2D eigenvalue weighted by Crippen LogP contribution is 2.31. The third-order valence-corrected chi connectivity index (χ3v) is 3.40. The molecule has 0 fully saturated rings. The van der Waals surface area contributed by atoms with Crippen LogP contribution in [0.2, 0.25) is 10.0 Å². The van der Waals surface area contributed by atoms with E-state index in [9.17, 15) is 0 Å². The number of hydrogen-bond acceptors (Lipinski definition) is 1. The van der Waals surface area contributed by atoms with Crippen molar-refractivity contribution in [2.75, 3.05) is 0 Å². The molecule has 1 aromatic heterocycles. The first-order chi connectivity index (χ1) is 7.09. The fourth-order valence-corrected chi connectivity index (χ4v) is 2.27. The Kier molecular flexibility index (Phi) is 3.05. The van der Waals surface area contributed by atoms with E-state index in [0.717, 1.165) is 15.9 Å². The fraction of sp³-hybridized carbons (Fsp3) is 0.100. The van der Waals surface area contributed by atoms with E-state index in [0.29, 0.717) is 10.0 Å². The van der Waals surface area contributed by atoms with Gasteiger partial charge in [-0.05, 0) is 28.1 Å². The first-order valence-electron chi connectivity index (χ1n) is 4.22. The van der Waals surface area contributed by atoms with Crippen LogP contribution < -0.4 is 0 Å². The van der Waals surface area contributed by atoms with Crippen molar-refractivity contribution in [1.82, 2.24) is 9.55 Å². The quantitative estimate of drug-likeness (QED) is 0.773. The molecule has 0 aliphatic heterocycles. The lowest BCUT2D eigenvalue weighted by molar-refractivity contribution is 0.921. The first kappa shape index (κ1) is 11.0. The number of nitrogens with zero attached hydrogens (tertiary/aromatic N) is 2. The van der Waals surface area contributed by atoms with Crippen molar-refractivity contribution < 1.29 is 0 Å². The van der Waals surface area contributed by atoms with E-state index in [-0.39, 0.29) is 0 Å². The van der Waals surface area contributed by atoms with E-state index in [1.807, 2.05) is 23.7 Å². The molecule has 0 aliphatic rings. The summed E-state index contributed by atoms with van der Waals surface area (Å²) in [5.41, 5.74) is 1.96. The molecule has 0 spiro atoms. The van der Waals surface area contributed by atoms with Gasteiger partial charge in [0.2, 0.25) is 0 Å². The molecule has 0 aliphatic carbocycles. The molecule has 1 aromatic carbocycles. The lowest BCUT2D eigenvalue weighted by atomic mass is 10.2. The Bertz CT molecular complexity index is 489. The predicted octanol–water partition coefficient (Wildman–Crippen LogP) is 4.16. The molecular formula is C10H7BrCl2N2. The van der Waals surface area contributed by atoms with Gasteiger partial charge in [-0.3, -0.25) is 0 Å². The van der Waals surface area contributed by atoms with Gasteiger partial charge < -0.3 is 4.57 Å². The van der Waals surface area contributed by atoms with Gasteiger partial charge in [-0.25, -0.2) is 4.98 Å². The van der Waals surface area contributed by atoms with Gasteiger partial charge in [0.05, 0.1) is 22.1 Å². The Balaban J connectivity index is 2.59. The number of hydrogen-bond donors (Lipinski definition) is 0. The van der Waals surface area contributed by atoms with Crippen molar-refractivity contribution in [3.63, 3.8) is 0 Å². The van der Waals surface area contributed by atoms with Crippen LogP contribution in [0.15, 0.2) is 29.1 Å². The highest BCUT2D eigenvalue weighted by molar-refractivity contribution is 9.10. The second kappa shape index (κ2) is 4.16. The average Bonchev–Trinajstić information content (AvgIpc) is 2.52. The smallest absolute Gasteiger partial charge is 0.132 e. The molecule has 5 heteroatoms. The topological polar surface area (TPSA) is 17.8 Å². The number of aryl methyl sites for hydroxylation is 1. The zero-order valence-electron chi connectivity index (χ0n) is 7.84. The van der Waals surface area contributed by atoms with Crippen molar-refractivity contribution in [3.8, 4) is 11.3 Å². The van der Waals surface area contributed by atoms with Crippen LogP contribution in [-0.2, 0) is 7.05 Å². The van der Waals surface area contributed by atoms with E-state index in [2.05, 4.69) is 20.9 Å². The van der Waals surface area contributed by atoms with Crippen LogP contribution in [0.4, 0.5) is 0 Å². The van der Waals surface area contributed by atoms with Crippen molar-refractivity contribution in [2.45, 2.75) is 0 Å². The molecule has 2 nitrogen and oxygen atoms in total. The van der Waals surface area contributed by atoms with Crippen molar-refractivity contribution in [3.05, 3.63) is 39.2 Å². The maximum absolute atomic E-state index is 5.96. The van der Waals surface area contributed by atoms with Crippen LogP contribution in [-0.4, -0.2) is 9.55 Å². The summed E-state index contributed by atoms with van der Waals surface area (Å²) in [4.78, 5) is 4.15. The molecule has 0 amide bonds. The molecular weight excluding hydrogens is 299 g/mol. The highest BCUT2D eigenvalue weighted by Gasteiger charge is 2.10. The molecule has 15 heavy (non-hydrogen) atoms. The van der Waals surface area contributed by atoms with Gasteiger partial charge in [-0.15, -0.1) is 0 Å². The molecule has 2 aromatic rings. The first-order valence-corrected chi connectivity index (χ1v) is 5.76. The highest BCUT2D eigenvalue weighted by atomic mass is 79.9. The van der Waals surface area contributed by atoms with Gasteiger partial charge in [-0.1, -0.05) is 29.3 Å². The maximum atomic E-state index is 5.96. The van der Waals surface area contributed by atoms with Gasteiger partial charge in [0, 0.05) is 12.6 Å². The monoisotopic (exact) mass is 304 g/mol. The summed E-state index contributed by atoms with van der Waals surface area (Å²) in [7, 11) is 1.93. The van der Waals surface area contributed by atoms with Crippen molar-refractivity contribution in [2.24, 2.45) is 7.05 Å². The Morgan fingerprint density at radius 2 is 2.00 bits per heavy atom. The average molecular weight is 306 g/mol. The number of halogens is 3. The van der Waals surface area contributed by atoms with Gasteiger partial charge in [0.15, 0.2) is 0 Å². The van der Waals surface area contributed by atoms with E-state index >= 15 is 0 Å². The summed E-state index contributed by atoms with van der Waals surface area (Å²) in [6.07, 6.45) is 1.74. The molecule has 78 valence electrons. The SMILES string of the molecule is Cn1cnc(Br)c1-c1ccc(Cl)c(Cl)c1. The minimum Gasteiger partial charge on any atom is -0.333 e. The molecule has 2 rings (SSSR count). The Labute approximate surface area is 106 Å². The summed E-state index contributed by atoms with van der Waals surface area (Å²) in [6, 6.07) is 5.51. The van der Waals surface area contributed by atoms with Crippen molar-refractivity contribution in [1.29, 1.82) is 0 Å². The molecule has 0 unspecified atom stereocenters. The Morgan fingerprint density at radius 3 is 2.53 bits per heavy atom. The summed E-state index contributed by atoms with van der Waals surface area (Å²) in [5, 5.41) is 1.10. The Hall–Kier alpha value is -0.510. The van der Waals surface area contributed by atoms with Crippen molar-refractivity contribution >= 4 is 39.1 Å². The normalized spacial score (nSPS) is 10.7. The number of imidazole rings is 1. The second-order valence-electron chi connectivity index (χ2n) is 3.12. The summed E-state index contributed by atoms with van der Waals surface area (Å²) in [6.45, 7) is 0. The summed E-state index contributed by atoms with van der Waals surface area (Å²) < 4.78 is 2.72. The minimum absolute atomic E-state index is 0.544. The fourth-order valence-electron chi connectivity index (χ4n) is 1.37. The van der Waals surface area contributed by atoms with E-state index < -0.39 is 0 Å². The van der Waals surface area contributed by atoms with Crippen LogP contribution in [0.5, 0.6) is 0 Å². The summed E-state index contributed by atoms with van der Waals surface area (Å²) in [5.74, 6) is 0. The molecule has 0 saturated heterocycles. The van der Waals surface area contributed by atoms with Gasteiger partial charge >= 0.3 is 0 Å². The third kappa shape index (κ3) is 2.05. The van der Waals surface area contributed by atoms with Crippen LogP contribution in [0, 0.1) is 0 Å². The standard InChI is InChI=1S/C10H7BrCl2N2/c1-15-5-14-10(11)9(15)6-2-3-7(12)8(13)4-6/h2-5H,1H3. The van der Waals surface area contributed by atoms with Crippen LogP contribution >= 0.6 is 39.1 Å². The maximum Gasteiger partial charge on any atom is 0.132 e. The number of aromatic nitrogens is 2. The molecule has 0 atom stereocenters. The van der Waals surface area contributed by atoms with E-state index in [4.69, 9.17) is 23.2 Å². The zero-order valence-corrected chi connectivity index (χ0v) is 10.9. The molecule has 0 N–H and O–H groups in total. The Morgan fingerprint density at radius 1 is 1.27 bits per heavy atom. The third-order valence-electron chi connectivity index (χ3n) is 2.09. The number of benzene rings is 1. The largest absolute Gasteiger partial charge is 0.333 e. The lowest BCUT2D eigenvalue weighted by Gasteiger charge is -2.04. The van der Waals surface area contributed by atoms with Crippen LogP contribution in [0.25, 0.3) is 11.3 Å². The van der Waals surface area contributed by atoms with Crippen LogP contribution in [0.3, 0.4) is 0 Å². The number of rotatable bonds is 1. The van der Waals surface area contributed by atoms with Gasteiger partial charge in [0.1, 0.15) is 4.60 Å². The van der Waals surface area contributed by atoms with Crippen LogP contribution in [0.1, 0.15) is 0 Å². The zero-order chi connectivity index (χ0) is 11.0. The lowest BCUT2D eigenvalue weighted by Crippen LogP contribution is -1.89. The molecule has 0 saturated carbocycles. The van der Waals surface area contributed by atoms with E-state index in [1.165, 1.54) is 0 Å². The minimum atomic E-state index is 0.544. The van der Waals surface area contributed by atoms with E-state index in [1.54, 1.807) is 12.4 Å². The predicted molar refractivity (Wildman–Crippen MR) is 66.4 cm³/mol. The van der Waals surface area contributed by atoms with Gasteiger partial charge in [0.25, 0.3) is 0 Å². The molecule has 0 radical (unpaired) electrons. The molecule has 1 heterocycles. The second-order valence-corrected chi connectivity index (χ2v) is 4.69. The molecule has 0 bridgehead atoms. The van der Waals surface area contributed by atoms with Gasteiger partial charge in [-0.2, -0.15) is 0 Å². The summed E-state index contributed by atoms with van der Waals surface area (Å²) >= 11 is 15.2.